The van der Waals surface area contributed by atoms with Crippen LogP contribution < -0.4 is 5.32 Å². The van der Waals surface area contributed by atoms with Crippen molar-refractivity contribution in [3.63, 3.8) is 0 Å². The van der Waals surface area contributed by atoms with Crippen molar-refractivity contribution >= 4 is 29.2 Å². The molecule has 0 spiro atoms. The molecule has 2 N–H and O–H groups in total. The monoisotopic (exact) mass is 310 g/mol. The van der Waals surface area contributed by atoms with E-state index in [4.69, 9.17) is 26.0 Å². The number of aromatic nitrogens is 1. The van der Waals surface area contributed by atoms with Crippen molar-refractivity contribution in [1.29, 1.82) is 0 Å². The summed E-state index contributed by atoms with van der Waals surface area (Å²) in [6, 6.07) is 5.69. The number of benzene rings is 1. The number of ether oxygens (including phenoxy) is 1. The van der Waals surface area contributed by atoms with E-state index in [1.54, 1.807) is 0 Å². The predicted molar refractivity (Wildman–Crippen MR) is 73.6 cm³/mol. The summed E-state index contributed by atoms with van der Waals surface area (Å²) in [6.45, 7) is 0.173. The zero-order valence-corrected chi connectivity index (χ0v) is 11.7. The summed E-state index contributed by atoms with van der Waals surface area (Å²) < 4.78 is 9.73. The van der Waals surface area contributed by atoms with Crippen molar-refractivity contribution in [2.24, 2.45) is 0 Å². The van der Waals surface area contributed by atoms with Gasteiger partial charge < -0.3 is 19.7 Å². The highest BCUT2D eigenvalue weighted by molar-refractivity contribution is 6.34. The first-order valence-electron chi connectivity index (χ1n) is 5.80. The lowest BCUT2D eigenvalue weighted by atomic mass is 10.1. The maximum Gasteiger partial charge on any atom is 0.337 e. The van der Waals surface area contributed by atoms with Gasteiger partial charge in [0.05, 0.1) is 16.3 Å². The second-order valence-corrected chi connectivity index (χ2v) is 4.44. The number of carbonyl (C=O) groups excluding carboxylic acids is 1. The number of carbonyl (C=O) groups is 2. The van der Waals surface area contributed by atoms with E-state index in [1.807, 2.05) is 0 Å². The van der Waals surface area contributed by atoms with Gasteiger partial charge in [0.25, 0.3) is 5.91 Å². The molecule has 2 rings (SSSR count). The van der Waals surface area contributed by atoms with E-state index in [9.17, 15) is 9.59 Å². The highest BCUT2D eigenvalue weighted by Gasteiger charge is 2.18. The molecule has 0 radical (unpaired) electrons. The molecule has 1 aromatic heterocycles. The van der Waals surface area contributed by atoms with Crippen LogP contribution in [0.15, 0.2) is 28.8 Å². The van der Waals surface area contributed by atoms with Crippen LogP contribution >= 0.6 is 11.6 Å². The average Bonchev–Trinajstić information content (AvgIpc) is 2.90. The SMILES string of the molecule is COCc1cc(C(=O)Nc2c(Cl)cccc2C(=O)O)no1. The van der Waals surface area contributed by atoms with E-state index in [2.05, 4.69) is 10.5 Å². The fraction of sp³-hybridized carbons (Fsp3) is 0.154. The van der Waals surface area contributed by atoms with E-state index >= 15 is 0 Å². The number of rotatable bonds is 5. The van der Waals surface area contributed by atoms with Gasteiger partial charge in [-0.1, -0.05) is 22.8 Å². The Bertz CT molecular complexity index is 683. The van der Waals surface area contributed by atoms with Crippen molar-refractivity contribution < 1.29 is 24.0 Å². The molecule has 1 aromatic carbocycles. The molecule has 7 nitrogen and oxygen atoms in total. The molecule has 0 aliphatic rings. The van der Waals surface area contributed by atoms with Gasteiger partial charge in [-0.25, -0.2) is 4.79 Å². The van der Waals surface area contributed by atoms with Gasteiger partial charge in [-0.2, -0.15) is 0 Å². The van der Waals surface area contributed by atoms with Crippen LogP contribution in [0.1, 0.15) is 26.6 Å². The second-order valence-electron chi connectivity index (χ2n) is 4.03. The number of methoxy groups -OCH3 is 1. The minimum absolute atomic E-state index is 0.00157. The highest BCUT2D eigenvalue weighted by Crippen LogP contribution is 2.26. The topological polar surface area (TPSA) is 102 Å². The van der Waals surface area contributed by atoms with E-state index in [-0.39, 0.29) is 28.6 Å². The van der Waals surface area contributed by atoms with E-state index in [1.165, 1.54) is 31.4 Å². The summed E-state index contributed by atoms with van der Waals surface area (Å²) in [4.78, 5) is 23.2. The molecule has 0 bridgehead atoms. The van der Waals surface area contributed by atoms with Crippen LogP contribution in [-0.4, -0.2) is 29.2 Å². The Balaban J connectivity index is 2.25. The average molecular weight is 311 g/mol. The van der Waals surface area contributed by atoms with Gasteiger partial charge in [-0.3, -0.25) is 4.79 Å². The number of nitrogens with one attached hydrogen (secondary N) is 1. The van der Waals surface area contributed by atoms with Crippen molar-refractivity contribution in [3.8, 4) is 0 Å². The number of nitrogens with zero attached hydrogens (tertiary/aromatic N) is 1. The molecule has 0 aliphatic heterocycles. The fourth-order valence-electron chi connectivity index (χ4n) is 1.64. The number of para-hydroxylation sites is 1. The molecule has 0 aliphatic carbocycles. The molecule has 0 saturated heterocycles. The van der Waals surface area contributed by atoms with E-state index in [0.29, 0.717) is 5.76 Å². The van der Waals surface area contributed by atoms with Gasteiger partial charge in [-0.05, 0) is 12.1 Å². The van der Waals surface area contributed by atoms with Crippen molar-refractivity contribution in [2.75, 3.05) is 12.4 Å². The predicted octanol–water partition coefficient (Wildman–Crippen LogP) is 2.42. The van der Waals surface area contributed by atoms with Gasteiger partial charge in [0.2, 0.25) is 0 Å². The third-order valence-corrected chi connectivity index (χ3v) is 2.88. The Morgan fingerprint density at radius 1 is 1.48 bits per heavy atom. The number of hydrogen-bond acceptors (Lipinski definition) is 5. The number of hydrogen-bond donors (Lipinski definition) is 2. The number of aromatic carboxylic acids is 1. The second kappa shape index (κ2) is 6.38. The highest BCUT2D eigenvalue weighted by atomic mass is 35.5. The fourth-order valence-corrected chi connectivity index (χ4v) is 1.86. The zero-order chi connectivity index (χ0) is 15.4. The number of halogens is 1. The lowest BCUT2D eigenvalue weighted by molar-refractivity contribution is 0.0698. The largest absolute Gasteiger partial charge is 0.478 e. The Hall–Kier alpha value is -2.38. The molecule has 110 valence electrons. The van der Waals surface area contributed by atoms with E-state index in [0.717, 1.165) is 0 Å². The summed E-state index contributed by atoms with van der Waals surface area (Å²) in [5, 5.41) is 15.2. The molecule has 1 heterocycles. The zero-order valence-electron chi connectivity index (χ0n) is 10.9. The normalized spacial score (nSPS) is 10.4. The van der Waals surface area contributed by atoms with Crippen LogP contribution in [0.5, 0.6) is 0 Å². The molecular formula is C13H11ClN2O5. The van der Waals surface area contributed by atoms with Gasteiger partial charge in [0.15, 0.2) is 11.5 Å². The van der Waals surface area contributed by atoms with Crippen LogP contribution in [0, 0.1) is 0 Å². The molecule has 0 fully saturated rings. The Morgan fingerprint density at radius 2 is 2.24 bits per heavy atom. The molecular weight excluding hydrogens is 300 g/mol. The number of amides is 1. The lowest BCUT2D eigenvalue weighted by Crippen LogP contribution is -2.15. The van der Waals surface area contributed by atoms with Gasteiger partial charge >= 0.3 is 5.97 Å². The number of carboxylic acids is 1. The summed E-state index contributed by atoms with van der Waals surface area (Å²) in [5.74, 6) is -1.45. The summed E-state index contributed by atoms with van der Waals surface area (Å²) in [7, 11) is 1.48. The smallest absolute Gasteiger partial charge is 0.337 e. The summed E-state index contributed by atoms with van der Waals surface area (Å²) in [6.07, 6.45) is 0. The molecule has 1 amide bonds. The Kier molecular flexibility index (Phi) is 4.56. The maximum atomic E-state index is 12.0. The third-order valence-electron chi connectivity index (χ3n) is 2.56. The first kappa shape index (κ1) is 15.0. The van der Waals surface area contributed by atoms with Crippen LogP contribution in [-0.2, 0) is 11.3 Å². The van der Waals surface area contributed by atoms with Gasteiger partial charge in [0, 0.05) is 13.2 Å². The van der Waals surface area contributed by atoms with Crippen LogP contribution in [0.3, 0.4) is 0 Å². The van der Waals surface area contributed by atoms with Crippen LogP contribution in [0.25, 0.3) is 0 Å². The lowest BCUT2D eigenvalue weighted by Gasteiger charge is -2.08. The number of anilines is 1. The molecule has 0 saturated carbocycles. The van der Waals surface area contributed by atoms with Gasteiger partial charge in [0.1, 0.15) is 6.61 Å². The molecule has 0 unspecified atom stereocenters. The standard InChI is InChI=1S/C13H11ClN2O5/c1-20-6-7-5-10(16-21-7)12(17)15-11-8(13(18)19)3-2-4-9(11)14/h2-5H,6H2,1H3,(H,15,17)(H,18,19). The quantitative estimate of drug-likeness (QED) is 0.879. The van der Waals surface area contributed by atoms with E-state index < -0.39 is 11.9 Å². The molecule has 8 heteroatoms. The molecule has 2 aromatic rings. The minimum Gasteiger partial charge on any atom is -0.478 e. The Morgan fingerprint density at radius 3 is 2.90 bits per heavy atom. The summed E-state index contributed by atoms with van der Waals surface area (Å²) >= 11 is 5.92. The first-order valence-corrected chi connectivity index (χ1v) is 6.18. The first-order chi connectivity index (χ1) is 10.0. The minimum atomic E-state index is -1.20. The summed E-state index contributed by atoms with van der Waals surface area (Å²) in [5.41, 5.74) is -0.109. The van der Waals surface area contributed by atoms with Crippen molar-refractivity contribution in [3.05, 3.63) is 46.3 Å². The van der Waals surface area contributed by atoms with Crippen molar-refractivity contribution in [1.82, 2.24) is 5.16 Å². The third kappa shape index (κ3) is 3.39. The van der Waals surface area contributed by atoms with Crippen LogP contribution in [0.4, 0.5) is 5.69 Å². The van der Waals surface area contributed by atoms with Crippen molar-refractivity contribution in [2.45, 2.75) is 6.61 Å². The Labute approximate surface area is 124 Å². The molecule has 0 atom stereocenters. The maximum absolute atomic E-state index is 12.0. The van der Waals surface area contributed by atoms with Crippen LogP contribution in [0.2, 0.25) is 5.02 Å². The van der Waals surface area contributed by atoms with Gasteiger partial charge in [-0.15, -0.1) is 0 Å². The number of carboxylic acid groups (broad SMARTS) is 1. The molecule has 21 heavy (non-hydrogen) atoms.